The van der Waals surface area contributed by atoms with E-state index >= 15 is 0 Å². The van der Waals surface area contributed by atoms with E-state index in [9.17, 15) is 9.59 Å². The predicted octanol–water partition coefficient (Wildman–Crippen LogP) is 5.35. The van der Waals surface area contributed by atoms with Crippen LogP contribution in [0.5, 0.6) is 0 Å². The summed E-state index contributed by atoms with van der Waals surface area (Å²) in [6, 6.07) is 13.7. The Morgan fingerprint density at radius 1 is 0.971 bits per heavy atom. The van der Waals surface area contributed by atoms with Crippen molar-refractivity contribution in [2.45, 2.75) is 53.4 Å². The van der Waals surface area contributed by atoms with Crippen molar-refractivity contribution >= 4 is 17.5 Å². The van der Waals surface area contributed by atoms with Crippen molar-refractivity contribution in [2.24, 2.45) is 11.8 Å². The summed E-state index contributed by atoms with van der Waals surface area (Å²) in [5, 5.41) is 7.83. The lowest BCUT2D eigenvalue weighted by Gasteiger charge is -2.35. The number of carbonyl (C=O) groups is 2. The molecule has 0 saturated carbocycles. The number of aryl methyl sites for hydroxylation is 2. The Balaban J connectivity index is 1.42. The molecule has 2 heterocycles. The van der Waals surface area contributed by atoms with E-state index in [4.69, 9.17) is 5.10 Å². The number of likely N-dealkylation sites (tertiary alicyclic amines) is 1. The van der Waals surface area contributed by atoms with Gasteiger partial charge in [0.15, 0.2) is 5.69 Å². The van der Waals surface area contributed by atoms with Gasteiger partial charge in [0.2, 0.25) is 0 Å². The summed E-state index contributed by atoms with van der Waals surface area (Å²) < 4.78 is 1.94. The Labute approximate surface area is 207 Å². The molecule has 6 heteroatoms. The van der Waals surface area contributed by atoms with Crippen molar-refractivity contribution in [3.8, 4) is 5.69 Å². The topological polar surface area (TPSA) is 67.2 Å². The highest BCUT2D eigenvalue weighted by atomic mass is 16.2. The molecule has 6 nitrogen and oxygen atoms in total. The molecule has 1 aliphatic carbocycles. The Bertz CT molecular complexity index is 1280. The van der Waals surface area contributed by atoms with Crippen molar-refractivity contribution in [1.29, 1.82) is 0 Å². The molecule has 5 rings (SSSR count). The summed E-state index contributed by atoms with van der Waals surface area (Å²) in [4.78, 5) is 28.6. The third kappa shape index (κ3) is 4.49. The standard InChI is InChI=1S/C29H34N4O2/c1-18-14-19(2)17-32(16-18)29(35)22-13-12-20(3)24(15-22)30-28(34)27-23-9-7-11-26(23)33(31-27)25-10-6-5-8-21(25)4/h5-6,8,10,12-13,15,18-19H,7,9,11,14,16-17H2,1-4H3,(H,30,34). The van der Waals surface area contributed by atoms with Gasteiger partial charge in [0, 0.05) is 35.6 Å². The van der Waals surface area contributed by atoms with E-state index in [2.05, 4.69) is 32.2 Å². The number of nitrogens with one attached hydrogen (secondary N) is 1. The molecule has 35 heavy (non-hydrogen) atoms. The normalized spacial score (nSPS) is 19.5. The number of rotatable bonds is 4. The molecule has 1 aliphatic heterocycles. The second kappa shape index (κ2) is 9.33. The molecule has 2 unspecified atom stereocenters. The van der Waals surface area contributed by atoms with Crippen LogP contribution < -0.4 is 5.32 Å². The number of hydrogen-bond acceptors (Lipinski definition) is 3. The average Bonchev–Trinajstić information content (AvgIpc) is 3.43. The van der Waals surface area contributed by atoms with Crippen molar-refractivity contribution in [2.75, 3.05) is 18.4 Å². The minimum Gasteiger partial charge on any atom is -0.338 e. The van der Waals surface area contributed by atoms with Gasteiger partial charge in [0.1, 0.15) is 0 Å². The molecule has 1 fully saturated rings. The molecule has 1 aromatic heterocycles. The van der Waals surface area contributed by atoms with Crippen LogP contribution in [-0.4, -0.2) is 39.6 Å². The second-order valence-corrected chi connectivity index (χ2v) is 10.5. The minimum atomic E-state index is -0.219. The van der Waals surface area contributed by atoms with E-state index in [1.54, 1.807) is 0 Å². The van der Waals surface area contributed by atoms with Crippen LogP contribution in [0.4, 0.5) is 5.69 Å². The number of benzene rings is 2. The average molecular weight is 471 g/mol. The molecule has 1 N–H and O–H groups in total. The molecule has 0 bridgehead atoms. The monoisotopic (exact) mass is 470 g/mol. The van der Waals surface area contributed by atoms with E-state index in [1.807, 2.05) is 52.9 Å². The van der Waals surface area contributed by atoms with Crippen molar-refractivity contribution in [3.05, 3.63) is 76.1 Å². The number of para-hydroxylation sites is 1. The lowest BCUT2D eigenvalue weighted by Crippen LogP contribution is -2.42. The highest BCUT2D eigenvalue weighted by molar-refractivity contribution is 6.05. The van der Waals surface area contributed by atoms with Gasteiger partial charge < -0.3 is 10.2 Å². The Morgan fingerprint density at radius 2 is 1.71 bits per heavy atom. The van der Waals surface area contributed by atoms with Crippen molar-refractivity contribution < 1.29 is 9.59 Å². The van der Waals surface area contributed by atoms with Gasteiger partial charge in [0.25, 0.3) is 11.8 Å². The summed E-state index contributed by atoms with van der Waals surface area (Å²) in [6.07, 6.45) is 3.94. The molecule has 182 valence electrons. The smallest absolute Gasteiger partial charge is 0.276 e. The number of hydrogen-bond donors (Lipinski definition) is 1. The van der Waals surface area contributed by atoms with Gasteiger partial charge in [0.05, 0.1) is 5.69 Å². The maximum absolute atomic E-state index is 13.4. The molecular formula is C29H34N4O2. The lowest BCUT2D eigenvalue weighted by atomic mass is 9.91. The van der Waals surface area contributed by atoms with Crippen LogP contribution in [-0.2, 0) is 12.8 Å². The fraction of sp³-hybridized carbons (Fsp3) is 0.414. The van der Waals surface area contributed by atoms with Crippen LogP contribution in [0.2, 0.25) is 0 Å². The molecule has 3 aromatic rings. The van der Waals surface area contributed by atoms with Crippen LogP contribution in [0, 0.1) is 25.7 Å². The van der Waals surface area contributed by atoms with Crippen LogP contribution >= 0.6 is 0 Å². The van der Waals surface area contributed by atoms with Gasteiger partial charge in [-0.3, -0.25) is 9.59 Å². The van der Waals surface area contributed by atoms with Crippen LogP contribution in [0.25, 0.3) is 5.69 Å². The van der Waals surface area contributed by atoms with Crippen molar-refractivity contribution in [1.82, 2.24) is 14.7 Å². The molecule has 1 saturated heterocycles. The van der Waals surface area contributed by atoms with Crippen molar-refractivity contribution in [3.63, 3.8) is 0 Å². The number of amides is 2. The third-order valence-corrected chi connectivity index (χ3v) is 7.38. The first-order chi connectivity index (χ1) is 16.8. The molecule has 2 aromatic carbocycles. The summed E-state index contributed by atoms with van der Waals surface area (Å²) in [5.74, 6) is 0.808. The van der Waals surface area contributed by atoms with Gasteiger partial charge >= 0.3 is 0 Å². The van der Waals surface area contributed by atoms with Gasteiger partial charge in [-0.2, -0.15) is 5.10 Å². The largest absolute Gasteiger partial charge is 0.338 e. The Morgan fingerprint density at radius 3 is 2.46 bits per heavy atom. The zero-order valence-electron chi connectivity index (χ0n) is 21.1. The molecular weight excluding hydrogens is 436 g/mol. The van der Waals surface area contributed by atoms with E-state index in [-0.39, 0.29) is 11.8 Å². The molecule has 2 aliphatic rings. The highest BCUT2D eigenvalue weighted by Crippen LogP contribution is 2.30. The summed E-state index contributed by atoms with van der Waals surface area (Å²) in [5.41, 5.74) is 6.98. The maximum Gasteiger partial charge on any atom is 0.276 e. The van der Waals surface area contributed by atoms with E-state index in [0.717, 1.165) is 66.8 Å². The molecule has 0 radical (unpaired) electrons. The number of anilines is 1. The van der Waals surface area contributed by atoms with E-state index in [0.29, 0.717) is 28.8 Å². The maximum atomic E-state index is 13.4. The number of nitrogens with zero attached hydrogens (tertiary/aromatic N) is 3. The van der Waals surface area contributed by atoms with Gasteiger partial charge in [-0.1, -0.05) is 38.1 Å². The molecule has 0 spiro atoms. The second-order valence-electron chi connectivity index (χ2n) is 10.5. The number of fused-ring (bicyclic) bond motifs is 1. The summed E-state index contributed by atoms with van der Waals surface area (Å²) in [7, 11) is 0. The van der Waals surface area contributed by atoms with Gasteiger partial charge in [-0.15, -0.1) is 0 Å². The zero-order chi connectivity index (χ0) is 24.7. The lowest BCUT2D eigenvalue weighted by molar-refractivity contribution is 0.0623. The summed E-state index contributed by atoms with van der Waals surface area (Å²) in [6.45, 7) is 9.97. The summed E-state index contributed by atoms with van der Waals surface area (Å²) >= 11 is 0. The van der Waals surface area contributed by atoms with Gasteiger partial charge in [-0.05, 0) is 80.7 Å². The van der Waals surface area contributed by atoms with Crippen LogP contribution in [0.15, 0.2) is 42.5 Å². The number of piperidine rings is 1. The first-order valence-corrected chi connectivity index (χ1v) is 12.7. The van der Waals surface area contributed by atoms with Gasteiger partial charge in [-0.25, -0.2) is 4.68 Å². The molecule has 2 amide bonds. The van der Waals surface area contributed by atoms with E-state index in [1.165, 1.54) is 0 Å². The van der Waals surface area contributed by atoms with Crippen LogP contribution in [0.1, 0.15) is 69.9 Å². The zero-order valence-corrected chi connectivity index (χ0v) is 21.1. The number of carbonyl (C=O) groups excluding carboxylic acids is 2. The Hall–Kier alpha value is -3.41. The molecule has 2 atom stereocenters. The van der Waals surface area contributed by atoms with E-state index < -0.39 is 0 Å². The van der Waals surface area contributed by atoms with Crippen LogP contribution in [0.3, 0.4) is 0 Å². The first-order valence-electron chi connectivity index (χ1n) is 12.7. The minimum absolute atomic E-state index is 0.0311. The SMILES string of the molecule is Cc1ccc(C(=O)N2CC(C)CC(C)C2)cc1NC(=O)c1nn(-c2ccccc2C)c2c1CCC2. The fourth-order valence-corrected chi connectivity index (χ4v) is 5.70. The fourth-order valence-electron chi connectivity index (χ4n) is 5.70. The quantitative estimate of drug-likeness (QED) is 0.559. The first kappa shape index (κ1) is 23.3. The highest BCUT2D eigenvalue weighted by Gasteiger charge is 2.29. The third-order valence-electron chi connectivity index (χ3n) is 7.38. The predicted molar refractivity (Wildman–Crippen MR) is 138 cm³/mol. The number of aromatic nitrogens is 2. The Kier molecular flexibility index (Phi) is 6.22.